The molecular formula is C39H64O32. The molecule has 0 radical (unpaired) electrons. The summed E-state index contributed by atoms with van der Waals surface area (Å²) in [6.45, 7) is -5.19. The summed E-state index contributed by atoms with van der Waals surface area (Å²) in [4.78, 5) is 12.0. The van der Waals surface area contributed by atoms with Crippen LogP contribution in [0.5, 0.6) is 0 Å². The van der Waals surface area contributed by atoms with Crippen LogP contribution in [0.25, 0.3) is 0 Å². The Bertz CT molecular complexity index is 1680. The zero-order valence-electron chi connectivity index (χ0n) is 37.4. The van der Waals surface area contributed by atoms with Crippen molar-refractivity contribution in [2.75, 3.05) is 39.6 Å². The standard InChI is InChI=1S/C39H64O32/c1-8(33(57)58)59-32-25(56)39-65-14(7-45)31(32)71-38-24(55)19(50)29(12(5-43)64-38)69-36-22(53)17(48)27(10(3-41)62-36)67-34-20(51)15(46)26(9(2-40)60-34)66-35-21(52)16(47)28(11(4-42)61-35)68-37-23(54)18(49)30(70-39)13(6-44)63-37/h8-32,34-56H,2-7H2,1H3,(H,57,58)/t8?,9-,10-,11-,12-,13-,14-,15-,16-,17-,18-,19-,20-,21-,22-,23-,24-,25-,26-,27-,28-,29-,30-,31+,32-,34-,35-,36-,37-,38-,39-/m1/s1. The average molecular weight is 1040 g/mol. The van der Waals surface area contributed by atoms with Crippen LogP contribution in [0.4, 0.5) is 0 Å². The van der Waals surface area contributed by atoms with E-state index in [4.69, 9.17) is 61.6 Å². The fraction of sp³-hybridized carbons (Fsp3) is 0.974. The van der Waals surface area contributed by atoms with Crippen LogP contribution in [0.3, 0.4) is 0 Å². The number of carbonyl (C=O) groups is 1. The molecule has 0 aromatic heterocycles. The Morgan fingerprint density at radius 1 is 0.338 bits per heavy atom. The third kappa shape index (κ3) is 11.4. The molecule has 22 aliphatic heterocycles. The van der Waals surface area contributed by atoms with E-state index in [0.29, 0.717) is 0 Å². The maximum atomic E-state index is 12.0. The molecule has 0 aliphatic carbocycles. The van der Waals surface area contributed by atoms with E-state index >= 15 is 0 Å². The Morgan fingerprint density at radius 2 is 0.535 bits per heavy atom. The Morgan fingerprint density at radius 3 is 0.746 bits per heavy atom. The van der Waals surface area contributed by atoms with Crippen LogP contribution in [0.15, 0.2) is 0 Å². The Labute approximate surface area is 401 Å². The van der Waals surface area contributed by atoms with Crippen molar-refractivity contribution < 1.29 is 158 Å². The second-order valence-electron chi connectivity index (χ2n) is 17.9. The minimum atomic E-state index is -2.22. The molecule has 412 valence electrons. The summed E-state index contributed by atoms with van der Waals surface area (Å²) in [6, 6.07) is 0. The first-order valence-corrected chi connectivity index (χ1v) is 22.6. The van der Waals surface area contributed by atoms with E-state index in [1.165, 1.54) is 0 Å². The molecule has 32 nitrogen and oxygen atoms in total. The van der Waals surface area contributed by atoms with Gasteiger partial charge in [0.1, 0.15) is 146 Å². The molecule has 22 saturated heterocycles. The largest absolute Gasteiger partial charge is 0.479 e. The summed E-state index contributed by atoms with van der Waals surface area (Å²) in [5, 5.41) is 196. The normalized spacial score (nSPS) is 52.7. The van der Waals surface area contributed by atoms with Gasteiger partial charge >= 0.3 is 5.97 Å². The molecule has 0 aromatic rings. The molecule has 0 aromatic carbocycles. The molecule has 18 N–H and O–H groups in total. The first-order chi connectivity index (χ1) is 33.7. The molecule has 22 heterocycles. The summed E-state index contributed by atoms with van der Waals surface area (Å²) in [5.74, 6) is -1.59. The van der Waals surface area contributed by atoms with Crippen molar-refractivity contribution in [2.45, 2.75) is 197 Å². The predicted molar refractivity (Wildman–Crippen MR) is 212 cm³/mol. The number of aliphatic carboxylic acids is 1. The van der Waals surface area contributed by atoms with Gasteiger partial charge in [0.15, 0.2) is 43.8 Å². The van der Waals surface area contributed by atoms with E-state index in [2.05, 4.69) is 0 Å². The Hall–Kier alpha value is -1.73. The zero-order chi connectivity index (χ0) is 51.9. The number of aliphatic hydroxyl groups is 17. The summed E-state index contributed by atoms with van der Waals surface area (Å²) in [5.41, 5.74) is 0. The van der Waals surface area contributed by atoms with Gasteiger partial charge in [-0.3, -0.25) is 0 Å². The van der Waals surface area contributed by atoms with Gasteiger partial charge < -0.3 is 153 Å². The van der Waals surface area contributed by atoms with E-state index in [-0.39, 0.29) is 0 Å². The number of carboxylic acid groups (broad SMARTS) is 1. The van der Waals surface area contributed by atoms with E-state index in [1.807, 2.05) is 0 Å². The van der Waals surface area contributed by atoms with Crippen LogP contribution >= 0.6 is 0 Å². The molecule has 1 unspecified atom stereocenters. The van der Waals surface area contributed by atoms with Crippen molar-refractivity contribution in [1.29, 1.82) is 0 Å². The highest BCUT2D eigenvalue weighted by Gasteiger charge is 2.59. The lowest BCUT2D eigenvalue weighted by Gasteiger charge is -2.51. The monoisotopic (exact) mass is 1040 g/mol. The number of rotatable bonds is 9. The topological polar surface area (TPSA) is 501 Å². The average Bonchev–Trinajstić information content (AvgIpc) is 3.35. The molecule has 32 heteroatoms. The van der Waals surface area contributed by atoms with Crippen LogP contribution in [0.2, 0.25) is 0 Å². The highest BCUT2D eigenvalue weighted by atomic mass is 16.8. The minimum Gasteiger partial charge on any atom is -0.479 e. The second kappa shape index (κ2) is 24.1. The predicted octanol–water partition coefficient (Wildman–Crippen LogP) is -12.6. The highest BCUT2D eigenvalue weighted by molar-refractivity contribution is 5.71. The number of hydrogen-bond donors (Lipinski definition) is 18. The smallest absolute Gasteiger partial charge is 0.332 e. The quantitative estimate of drug-likeness (QED) is 0.102. The highest BCUT2D eigenvalue weighted by Crippen LogP contribution is 2.38. The van der Waals surface area contributed by atoms with Crippen molar-refractivity contribution in [2.24, 2.45) is 0 Å². The van der Waals surface area contributed by atoms with Gasteiger partial charge in [-0.2, -0.15) is 0 Å². The fourth-order valence-electron chi connectivity index (χ4n) is 9.36. The third-order valence-electron chi connectivity index (χ3n) is 13.4. The van der Waals surface area contributed by atoms with E-state index < -0.39 is 236 Å². The van der Waals surface area contributed by atoms with Crippen LogP contribution in [0, 0.1) is 0 Å². The molecule has 31 atom stereocenters. The van der Waals surface area contributed by atoms with Gasteiger partial charge in [-0.25, -0.2) is 4.79 Å². The van der Waals surface area contributed by atoms with Gasteiger partial charge in [0.05, 0.1) is 39.6 Å². The van der Waals surface area contributed by atoms with Crippen LogP contribution in [-0.4, -0.2) is 328 Å². The molecule has 0 spiro atoms. The number of ether oxygens (including phenoxy) is 13. The van der Waals surface area contributed by atoms with Gasteiger partial charge in [0, 0.05) is 0 Å². The number of hydrogen-bond acceptors (Lipinski definition) is 31. The Kier molecular flexibility index (Phi) is 19.3. The summed E-state index contributed by atoms with van der Waals surface area (Å²) >= 11 is 0. The maximum Gasteiger partial charge on any atom is 0.332 e. The number of aliphatic hydroxyl groups excluding tert-OH is 17. The van der Waals surface area contributed by atoms with Gasteiger partial charge in [0.2, 0.25) is 0 Å². The third-order valence-corrected chi connectivity index (χ3v) is 13.4. The van der Waals surface area contributed by atoms with Crippen molar-refractivity contribution in [3.8, 4) is 0 Å². The Balaban J connectivity index is 1.23. The molecule has 22 aliphatic rings. The second-order valence-corrected chi connectivity index (χ2v) is 17.9. The molecule has 22 fully saturated rings. The molecular weight excluding hydrogens is 980 g/mol. The van der Waals surface area contributed by atoms with Gasteiger partial charge in [-0.05, 0) is 6.92 Å². The first-order valence-electron chi connectivity index (χ1n) is 22.6. The lowest BCUT2D eigenvalue weighted by atomic mass is 9.94. The van der Waals surface area contributed by atoms with Gasteiger partial charge in [-0.15, -0.1) is 0 Å². The van der Waals surface area contributed by atoms with E-state index in [0.717, 1.165) is 6.92 Å². The molecule has 12 bridgehead atoms. The molecule has 71 heavy (non-hydrogen) atoms. The molecule has 0 amide bonds. The van der Waals surface area contributed by atoms with Crippen molar-refractivity contribution in [1.82, 2.24) is 0 Å². The van der Waals surface area contributed by atoms with Crippen molar-refractivity contribution >= 4 is 5.97 Å². The first kappa shape index (κ1) is 57.0. The lowest BCUT2D eigenvalue weighted by Crippen LogP contribution is -2.69. The summed E-state index contributed by atoms with van der Waals surface area (Å²) in [7, 11) is 0. The molecule has 22 rings (SSSR count). The van der Waals surface area contributed by atoms with Crippen LogP contribution < -0.4 is 0 Å². The van der Waals surface area contributed by atoms with Gasteiger partial charge in [-0.1, -0.05) is 0 Å². The van der Waals surface area contributed by atoms with Crippen LogP contribution in [-0.2, 0) is 66.4 Å². The fourth-order valence-corrected chi connectivity index (χ4v) is 9.36. The number of carboxylic acids is 1. The summed E-state index contributed by atoms with van der Waals surface area (Å²) in [6.07, 6.45) is -61.5. The van der Waals surface area contributed by atoms with E-state index in [1.54, 1.807) is 0 Å². The van der Waals surface area contributed by atoms with Gasteiger partial charge in [0.25, 0.3) is 0 Å². The SMILES string of the molecule is CC(O[C@@H]1[C@@H](O)[C@H]2O[C@H]3[C@H](O)[C@@H](O)[C@@H](O[C@H]4[C@H](O)[C@@H](O)[C@@H](O[C@H]5[C@H](O)[C@@H](O)[C@@H](O[C@H]6[C@H](O)[C@@H](O)[C@@H](O[C@H]7[C@H](O)[C@@H](O)[C@@H](O[C@H]1[C@@H](CO)O2)O[C@@H]7CO)O[C@@H]6CO)O[C@@H]5CO)O[C@@H]4CO)O[C@@H]3CO)C(=O)O. The van der Waals surface area contributed by atoms with Crippen molar-refractivity contribution in [3.05, 3.63) is 0 Å². The molecule has 0 saturated carbocycles. The van der Waals surface area contributed by atoms with Crippen molar-refractivity contribution in [3.63, 3.8) is 0 Å². The summed E-state index contributed by atoms with van der Waals surface area (Å²) < 4.78 is 74.3. The van der Waals surface area contributed by atoms with E-state index in [9.17, 15) is 96.7 Å². The minimum absolute atomic E-state index is 1.02. The maximum absolute atomic E-state index is 12.0. The lowest BCUT2D eigenvalue weighted by molar-refractivity contribution is -0.405. The van der Waals surface area contributed by atoms with Crippen LogP contribution in [0.1, 0.15) is 6.92 Å². The zero-order valence-corrected chi connectivity index (χ0v) is 37.4.